The zero-order valence-corrected chi connectivity index (χ0v) is 10.8. The maximum absolute atomic E-state index is 13.5. The summed E-state index contributed by atoms with van der Waals surface area (Å²) >= 11 is 0. The van der Waals surface area contributed by atoms with E-state index < -0.39 is 33.3 Å². The first kappa shape index (κ1) is 15.0. The van der Waals surface area contributed by atoms with Crippen molar-refractivity contribution >= 4 is 9.84 Å². The molecule has 0 saturated carbocycles. The average molecular weight is 281 g/mol. The Hall–Kier alpha value is -1.08. The Kier molecular flexibility index (Phi) is 4.75. The number of rotatable bonds is 5. The van der Waals surface area contributed by atoms with Crippen LogP contribution in [0.5, 0.6) is 0 Å². The van der Waals surface area contributed by atoms with Crippen LogP contribution in [-0.2, 0) is 9.84 Å². The van der Waals surface area contributed by atoms with E-state index in [1.165, 1.54) is 0 Å². The Balaban J connectivity index is 3.17. The van der Waals surface area contributed by atoms with Gasteiger partial charge in [0.2, 0.25) is 0 Å². The van der Waals surface area contributed by atoms with Crippen LogP contribution in [0, 0.1) is 17.5 Å². The zero-order chi connectivity index (χ0) is 13.9. The number of hydrogen-bond donors (Lipinski definition) is 1. The molecule has 0 radical (unpaired) electrons. The van der Waals surface area contributed by atoms with Crippen LogP contribution in [0.15, 0.2) is 12.1 Å². The smallest absolute Gasteiger partial charge is 0.161 e. The Labute approximate surface area is 104 Å². The summed E-state index contributed by atoms with van der Waals surface area (Å²) < 4.78 is 61.8. The summed E-state index contributed by atoms with van der Waals surface area (Å²) in [6.07, 6.45) is 0.995. The molecule has 0 aliphatic rings. The lowest BCUT2D eigenvalue weighted by molar-refractivity contribution is 0.476. The highest BCUT2D eigenvalue weighted by atomic mass is 32.2. The molecule has 18 heavy (non-hydrogen) atoms. The Bertz CT molecular complexity index is 531. The van der Waals surface area contributed by atoms with E-state index in [2.05, 4.69) is 5.32 Å². The summed E-state index contributed by atoms with van der Waals surface area (Å²) in [4.78, 5) is 0. The van der Waals surface area contributed by atoms with Gasteiger partial charge in [0.05, 0.1) is 5.75 Å². The van der Waals surface area contributed by atoms with Gasteiger partial charge in [-0.2, -0.15) is 0 Å². The molecule has 7 heteroatoms. The molecule has 1 N–H and O–H groups in total. The Morgan fingerprint density at radius 1 is 1.17 bits per heavy atom. The van der Waals surface area contributed by atoms with Crippen LogP contribution in [0.1, 0.15) is 18.5 Å². The minimum absolute atomic E-state index is 0.193. The van der Waals surface area contributed by atoms with Crippen molar-refractivity contribution in [2.45, 2.75) is 13.0 Å². The molecule has 0 amide bonds. The van der Waals surface area contributed by atoms with E-state index in [4.69, 9.17) is 0 Å². The molecule has 1 aromatic carbocycles. The molecule has 0 saturated heterocycles. The Morgan fingerprint density at radius 3 is 2.22 bits per heavy atom. The number of nitrogens with one attached hydrogen (secondary N) is 1. The fourth-order valence-electron chi connectivity index (χ4n) is 1.61. The molecule has 0 spiro atoms. The fourth-order valence-corrected chi connectivity index (χ4v) is 2.52. The third-order valence-corrected chi connectivity index (χ3v) is 3.27. The first-order valence-electron chi connectivity index (χ1n) is 5.30. The molecule has 0 heterocycles. The summed E-state index contributed by atoms with van der Waals surface area (Å²) in [7, 11) is -3.38. The molecule has 0 bridgehead atoms. The summed E-state index contributed by atoms with van der Waals surface area (Å²) in [5.74, 6) is -3.86. The van der Waals surface area contributed by atoms with Crippen molar-refractivity contribution in [3.05, 3.63) is 35.1 Å². The topological polar surface area (TPSA) is 46.2 Å². The van der Waals surface area contributed by atoms with Gasteiger partial charge in [-0.15, -0.1) is 0 Å². The van der Waals surface area contributed by atoms with Crippen molar-refractivity contribution in [2.24, 2.45) is 0 Å². The molecule has 1 atom stereocenters. The second-order valence-electron chi connectivity index (χ2n) is 3.99. The minimum atomic E-state index is -3.38. The predicted molar refractivity (Wildman–Crippen MR) is 62.4 cm³/mol. The summed E-state index contributed by atoms with van der Waals surface area (Å²) in [5, 5.41) is 2.73. The van der Waals surface area contributed by atoms with E-state index in [9.17, 15) is 21.6 Å². The van der Waals surface area contributed by atoms with Crippen LogP contribution in [-0.4, -0.2) is 27.0 Å². The van der Waals surface area contributed by atoms with E-state index in [1.54, 1.807) is 6.92 Å². The van der Waals surface area contributed by atoms with Gasteiger partial charge in [-0.05, 0) is 12.6 Å². The van der Waals surface area contributed by atoms with Crippen molar-refractivity contribution in [3.8, 4) is 0 Å². The number of benzene rings is 1. The second kappa shape index (κ2) is 5.71. The van der Waals surface area contributed by atoms with Crippen LogP contribution in [0.3, 0.4) is 0 Å². The van der Waals surface area contributed by atoms with Gasteiger partial charge in [0.1, 0.15) is 15.7 Å². The molecule has 1 aromatic rings. The first-order valence-corrected chi connectivity index (χ1v) is 7.36. The van der Waals surface area contributed by atoms with Crippen molar-refractivity contribution in [1.82, 2.24) is 5.32 Å². The second-order valence-corrected chi connectivity index (χ2v) is 6.18. The largest absolute Gasteiger partial charge is 0.309 e. The van der Waals surface area contributed by atoms with Crippen LogP contribution in [0.2, 0.25) is 0 Å². The van der Waals surface area contributed by atoms with Gasteiger partial charge in [0, 0.05) is 23.9 Å². The van der Waals surface area contributed by atoms with Crippen LogP contribution >= 0.6 is 0 Å². The van der Waals surface area contributed by atoms with Gasteiger partial charge in [0.25, 0.3) is 0 Å². The maximum atomic E-state index is 13.5. The van der Waals surface area contributed by atoms with Gasteiger partial charge < -0.3 is 5.32 Å². The van der Waals surface area contributed by atoms with Crippen molar-refractivity contribution in [1.29, 1.82) is 0 Å². The van der Waals surface area contributed by atoms with Crippen molar-refractivity contribution in [2.75, 3.05) is 18.6 Å². The summed E-state index contributed by atoms with van der Waals surface area (Å²) in [5.41, 5.74) is -0.193. The molecular formula is C11H14F3NO2S. The fraction of sp³-hybridized carbons (Fsp3) is 0.455. The number of halogens is 3. The van der Waals surface area contributed by atoms with E-state index in [0.717, 1.165) is 6.26 Å². The molecule has 0 fully saturated rings. The molecule has 0 aliphatic heterocycles. The average Bonchev–Trinajstić information content (AvgIpc) is 2.21. The zero-order valence-electron chi connectivity index (χ0n) is 10.0. The van der Waals surface area contributed by atoms with E-state index in [-0.39, 0.29) is 11.3 Å². The Morgan fingerprint density at radius 2 is 1.72 bits per heavy atom. The monoisotopic (exact) mass is 281 g/mol. The quantitative estimate of drug-likeness (QED) is 0.837. The van der Waals surface area contributed by atoms with Crippen molar-refractivity contribution in [3.63, 3.8) is 0 Å². The SMILES string of the molecule is CCNC(CS(C)(=O)=O)c1cc(F)c(F)cc1F. The molecule has 1 rings (SSSR count). The third-order valence-electron chi connectivity index (χ3n) is 2.33. The van der Waals surface area contributed by atoms with Gasteiger partial charge in [0.15, 0.2) is 11.6 Å². The van der Waals surface area contributed by atoms with Gasteiger partial charge >= 0.3 is 0 Å². The third kappa shape index (κ3) is 3.99. The highest BCUT2D eigenvalue weighted by molar-refractivity contribution is 7.90. The number of hydrogen-bond acceptors (Lipinski definition) is 3. The first-order chi connectivity index (χ1) is 8.24. The lowest BCUT2D eigenvalue weighted by atomic mass is 10.1. The van der Waals surface area contributed by atoms with E-state index >= 15 is 0 Å². The van der Waals surface area contributed by atoms with Gasteiger partial charge in [-0.1, -0.05) is 6.92 Å². The lowest BCUT2D eigenvalue weighted by Crippen LogP contribution is -2.28. The van der Waals surface area contributed by atoms with Crippen LogP contribution < -0.4 is 5.32 Å². The molecule has 0 aliphatic carbocycles. The van der Waals surface area contributed by atoms with Crippen molar-refractivity contribution < 1.29 is 21.6 Å². The lowest BCUT2D eigenvalue weighted by Gasteiger charge is -2.18. The summed E-state index contributed by atoms with van der Waals surface area (Å²) in [6, 6.07) is 0.195. The van der Waals surface area contributed by atoms with E-state index in [0.29, 0.717) is 18.7 Å². The van der Waals surface area contributed by atoms with Gasteiger partial charge in [-0.25, -0.2) is 21.6 Å². The molecule has 3 nitrogen and oxygen atoms in total. The molecule has 102 valence electrons. The summed E-state index contributed by atoms with van der Waals surface area (Å²) in [6.45, 7) is 2.08. The number of sulfone groups is 1. The van der Waals surface area contributed by atoms with Crippen LogP contribution in [0.25, 0.3) is 0 Å². The van der Waals surface area contributed by atoms with Gasteiger partial charge in [-0.3, -0.25) is 0 Å². The maximum Gasteiger partial charge on any atom is 0.161 e. The molecule has 1 unspecified atom stereocenters. The van der Waals surface area contributed by atoms with Crippen LogP contribution in [0.4, 0.5) is 13.2 Å². The predicted octanol–water partition coefficient (Wildman–Crippen LogP) is 1.80. The standard InChI is InChI=1S/C11H14F3NO2S/c1-3-15-11(6-18(2,16)17)7-4-9(13)10(14)5-8(7)12/h4-5,11,15H,3,6H2,1-2H3. The molecular weight excluding hydrogens is 267 g/mol. The molecule has 0 aromatic heterocycles. The normalized spacial score (nSPS) is 13.6. The van der Waals surface area contributed by atoms with E-state index in [1.807, 2.05) is 0 Å². The minimum Gasteiger partial charge on any atom is -0.309 e. The highest BCUT2D eigenvalue weighted by Crippen LogP contribution is 2.21. The highest BCUT2D eigenvalue weighted by Gasteiger charge is 2.21.